The summed E-state index contributed by atoms with van der Waals surface area (Å²) >= 11 is 9.71. The molecule has 1 aromatic carbocycles. The number of carbonyl (C=O) groups is 1. The van der Waals surface area contributed by atoms with Crippen LogP contribution in [0, 0.1) is 0 Å². The molecule has 0 fully saturated rings. The lowest BCUT2D eigenvalue weighted by Crippen LogP contribution is -2.50. The number of benzene rings is 1. The molecule has 4 nitrogen and oxygen atoms in total. The average Bonchev–Trinajstić information content (AvgIpc) is 2.98. The van der Waals surface area contributed by atoms with Crippen molar-refractivity contribution in [3.8, 4) is 11.5 Å². The molecule has 1 aromatic rings. The number of hydrogen-bond acceptors (Lipinski definition) is 4. The van der Waals surface area contributed by atoms with E-state index in [4.69, 9.17) is 16.3 Å². The number of unbranched alkanes of at least 4 members (excludes halogenated alkanes) is 3. The SMILES string of the molecule is C=C1C(Cl)=C(Br)C2(Oc3c(ccc(O)c3CCCCCC)C2=O)N1C. The second-order valence-corrected chi connectivity index (χ2v) is 7.63. The van der Waals surface area contributed by atoms with Crippen LogP contribution in [0.1, 0.15) is 48.5 Å². The quantitative estimate of drug-likeness (QED) is 0.666. The molecule has 1 N–H and O–H groups in total. The minimum absolute atomic E-state index is 0.158. The number of allylic oxidation sites excluding steroid dienone is 1. The molecule has 0 aromatic heterocycles. The zero-order chi connectivity index (χ0) is 18.4. The third-order valence-electron chi connectivity index (χ3n) is 4.94. The van der Waals surface area contributed by atoms with E-state index in [1.807, 2.05) is 0 Å². The molecular weight excluding hydrogens is 406 g/mol. The Labute approximate surface area is 161 Å². The summed E-state index contributed by atoms with van der Waals surface area (Å²) in [5, 5.41) is 10.7. The molecule has 1 spiro atoms. The van der Waals surface area contributed by atoms with Crippen molar-refractivity contribution in [2.45, 2.75) is 44.8 Å². The van der Waals surface area contributed by atoms with Gasteiger partial charge < -0.3 is 14.7 Å². The van der Waals surface area contributed by atoms with Gasteiger partial charge in [-0.3, -0.25) is 4.79 Å². The standard InChI is InChI=1S/C19H21BrClNO3/c1-4-5-6-7-8-12-14(23)10-9-13-16(12)25-19(18(13)24)17(20)15(21)11(2)22(19)3/h9-10,23H,2,4-8H2,1,3H3. The first-order chi connectivity index (χ1) is 11.9. The van der Waals surface area contributed by atoms with Gasteiger partial charge in [-0.25, -0.2) is 0 Å². The van der Waals surface area contributed by atoms with Crippen molar-refractivity contribution < 1.29 is 14.6 Å². The molecule has 2 aliphatic rings. The number of hydrogen-bond donors (Lipinski definition) is 1. The highest BCUT2D eigenvalue weighted by Crippen LogP contribution is 2.53. The van der Waals surface area contributed by atoms with Crippen molar-refractivity contribution in [2.24, 2.45) is 0 Å². The summed E-state index contributed by atoms with van der Waals surface area (Å²) in [6, 6.07) is 3.18. The molecular formula is C19H21BrClNO3. The van der Waals surface area contributed by atoms with Crippen LogP contribution in [0.5, 0.6) is 11.5 Å². The highest BCUT2D eigenvalue weighted by Gasteiger charge is 2.59. The van der Waals surface area contributed by atoms with E-state index in [0.717, 1.165) is 25.7 Å². The van der Waals surface area contributed by atoms with Gasteiger partial charge in [-0.2, -0.15) is 0 Å². The van der Waals surface area contributed by atoms with Crippen LogP contribution < -0.4 is 4.74 Å². The van der Waals surface area contributed by atoms with Gasteiger partial charge in [0.15, 0.2) is 0 Å². The molecule has 3 rings (SSSR count). The first-order valence-corrected chi connectivity index (χ1v) is 9.60. The topological polar surface area (TPSA) is 49.8 Å². The fourth-order valence-electron chi connectivity index (χ4n) is 3.38. The molecule has 0 saturated heterocycles. The van der Waals surface area contributed by atoms with Gasteiger partial charge in [0.1, 0.15) is 11.5 Å². The average molecular weight is 427 g/mol. The molecule has 1 atom stereocenters. The second kappa shape index (κ2) is 6.69. The maximum absolute atomic E-state index is 13.2. The number of ketones is 1. The minimum atomic E-state index is -1.36. The Morgan fingerprint density at radius 2 is 2.08 bits per heavy atom. The summed E-state index contributed by atoms with van der Waals surface area (Å²) in [5.41, 5.74) is 0.304. The second-order valence-electron chi connectivity index (χ2n) is 6.46. The molecule has 2 heterocycles. The van der Waals surface area contributed by atoms with Crippen molar-refractivity contribution in [3.63, 3.8) is 0 Å². The van der Waals surface area contributed by atoms with E-state index in [9.17, 15) is 9.90 Å². The van der Waals surface area contributed by atoms with Gasteiger partial charge in [-0.05, 0) is 40.9 Å². The molecule has 25 heavy (non-hydrogen) atoms. The number of carbonyl (C=O) groups excluding carboxylic acids is 1. The number of ether oxygens (including phenoxy) is 1. The van der Waals surface area contributed by atoms with Gasteiger partial charge >= 0.3 is 0 Å². The van der Waals surface area contributed by atoms with Gasteiger partial charge in [-0.1, -0.05) is 44.4 Å². The first kappa shape index (κ1) is 18.3. The van der Waals surface area contributed by atoms with E-state index < -0.39 is 5.72 Å². The summed E-state index contributed by atoms with van der Waals surface area (Å²) in [6.07, 6.45) is 4.96. The normalized spacial score (nSPS) is 22.2. The number of fused-ring (bicyclic) bond motifs is 1. The number of halogens is 2. The molecule has 6 heteroatoms. The predicted molar refractivity (Wildman–Crippen MR) is 102 cm³/mol. The Morgan fingerprint density at radius 1 is 1.36 bits per heavy atom. The van der Waals surface area contributed by atoms with Crippen molar-refractivity contribution in [1.82, 2.24) is 4.90 Å². The summed E-state index contributed by atoms with van der Waals surface area (Å²) in [5.74, 6) is 0.402. The monoisotopic (exact) mass is 425 g/mol. The molecule has 2 aliphatic heterocycles. The van der Waals surface area contributed by atoms with Crippen LogP contribution in [0.4, 0.5) is 0 Å². The molecule has 0 bridgehead atoms. The fourth-order valence-corrected chi connectivity index (χ4v) is 4.40. The van der Waals surface area contributed by atoms with Crippen molar-refractivity contribution in [3.05, 3.63) is 45.1 Å². The highest BCUT2D eigenvalue weighted by atomic mass is 79.9. The van der Waals surface area contributed by atoms with E-state index in [-0.39, 0.29) is 11.5 Å². The van der Waals surface area contributed by atoms with Crippen molar-refractivity contribution >= 4 is 33.3 Å². The predicted octanol–water partition coefficient (Wildman–Crippen LogP) is 5.09. The van der Waals surface area contributed by atoms with E-state index in [1.165, 1.54) is 0 Å². The van der Waals surface area contributed by atoms with Gasteiger partial charge in [0, 0.05) is 12.6 Å². The lowest BCUT2D eigenvalue weighted by molar-refractivity contribution is 0.0221. The number of phenols is 1. The molecule has 0 aliphatic carbocycles. The van der Waals surface area contributed by atoms with E-state index >= 15 is 0 Å². The van der Waals surface area contributed by atoms with Crippen LogP contribution >= 0.6 is 27.5 Å². The zero-order valence-corrected chi connectivity index (χ0v) is 16.7. The number of rotatable bonds is 5. The Hall–Kier alpha value is -1.46. The zero-order valence-electron chi connectivity index (χ0n) is 14.4. The van der Waals surface area contributed by atoms with Crippen LogP contribution in [-0.4, -0.2) is 28.6 Å². The fraction of sp³-hybridized carbons (Fsp3) is 0.421. The van der Waals surface area contributed by atoms with Crippen molar-refractivity contribution in [1.29, 1.82) is 0 Å². The van der Waals surface area contributed by atoms with Crippen LogP contribution in [0.3, 0.4) is 0 Å². The smallest absolute Gasteiger partial charge is 0.281 e. The van der Waals surface area contributed by atoms with Crippen molar-refractivity contribution in [2.75, 3.05) is 7.05 Å². The summed E-state index contributed by atoms with van der Waals surface area (Å²) < 4.78 is 6.62. The number of aromatic hydroxyl groups is 1. The number of nitrogens with zero attached hydrogens (tertiary/aromatic N) is 1. The lowest BCUT2D eigenvalue weighted by Gasteiger charge is -2.32. The first-order valence-electron chi connectivity index (χ1n) is 8.43. The maximum atomic E-state index is 13.2. The molecule has 0 amide bonds. The van der Waals surface area contributed by atoms with Gasteiger partial charge in [0.05, 0.1) is 20.8 Å². The third kappa shape index (κ3) is 2.59. The Balaban J connectivity index is 2.01. The number of phenolic OH excluding ortho intramolecular Hbond substituents is 1. The van der Waals surface area contributed by atoms with Crippen LogP contribution in [0.15, 0.2) is 33.9 Å². The molecule has 1 unspecified atom stereocenters. The van der Waals surface area contributed by atoms with Gasteiger partial charge in [0.2, 0.25) is 5.78 Å². The molecule has 0 saturated carbocycles. The Morgan fingerprint density at radius 3 is 2.68 bits per heavy atom. The Bertz CT molecular complexity index is 789. The number of Topliss-reactive ketones (excluding diaryl/α,β-unsaturated/α-hetero) is 1. The number of likely N-dealkylation sites (N-methyl/N-ethyl adjacent to an activating group) is 1. The van der Waals surface area contributed by atoms with Gasteiger partial charge in [0.25, 0.3) is 5.72 Å². The van der Waals surface area contributed by atoms with E-state index in [2.05, 4.69) is 29.4 Å². The Kier molecular flexibility index (Phi) is 4.91. The highest BCUT2D eigenvalue weighted by molar-refractivity contribution is 9.11. The summed E-state index contributed by atoms with van der Waals surface area (Å²) in [6.45, 7) is 6.07. The maximum Gasteiger partial charge on any atom is 0.281 e. The largest absolute Gasteiger partial charge is 0.508 e. The summed E-state index contributed by atoms with van der Waals surface area (Å²) in [4.78, 5) is 14.8. The van der Waals surface area contributed by atoms with Gasteiger partial charge in [-0.15, -0.1) is 0 Å². The minimum Gasteiger partial charge on any atom is -0.508 e. The van der Waals surface area contributed by atoms with Crippen LogP contribution in [0.2, 0.25) is 0 Å². The van der Waals surface area contributed by atoms with Crippen LogP contribution in [-0.2, 0) is 6.42 Å². The summed E-state index contributed by atoms with van der Waals surface area (Å²) in [7, 11) is 1.73. The van der Waals surface area contributed by atoms with E-state index in [1.54, 1.807) is 24.1 Å². The molecule has 134 valence electrons. The lowest BCUT2D eigenvalue weighted by atomic mass is 9.98. The van der Waals surface area contributed by atoms with E-state index in [0.29, 0.717) is 38.5 Å². The molecule has 0 radical (unpaired) electrons. The van der Waals surface area contributed by atoms with Crippen LogP contribution in [0.25, 0.3) is 0 Å². The third-order valence-corrected chi connectivity index (χ3v) is 6.51.